The second kappa shape index (κ2) is 4.43. The summed E-state index contributed by atoms with van der Waals surface area (Å²) in [6.45, 7) is 1.88. The Bertz CT molecular complexity index is 292. The molecule has 2 rings (SSSR count). The van der Waals surface area contributed by atoms with Crippen molar-refractivity contribution >= 4 is 22.8 Å². The van der Waals surface area contributed by atoms with Crippen LogP contribution in [0.2, 0.25) is 0 Å². The predicted octanol–water partition coefficient (Wildman–Crippen LogP) is 0.864. The number of nitrogens with one attached hydrogen (secondary N) is 1. The highest BCUT2D eigenvalue weighted by Crippen LogP contribution is 2.35. The molecule has 0 aromatic heterocycles. The summed E-state index contributed by atoms with van der Waals surface area (Å²) in [6, 6.07) is 0.720. The number of fused-ring (bicyclic) bond motifs is 1. The van der Waals surface area contributed by atoms with Crippen molar-refractivity contribution in [2.45, 2.75) is 49.9 Å². The molecule has 1 saturated carbocycles. The molecule has 3 atom stereocenters. The number of thioether (sulfide) groups is 1. The molecule has 0 aromatic carbocycles. The minimum absolute atomic E-state index is 0.148. The Balaban J connectivity index is 1.86. The van der Waals surface area contributed by atoms with Gasteiger partial charge in [0.2, 0.25) is 5.91 Å². The van der Waals surface area contributed by atoms with Gasteiger partial charge in [-0.05, 0) is 19.3 Å². The average molecular weight is 227 g/mol. The molecule has 4 nitrogen and oxygen atoms in total. The number of aliphatic imine (C=N–C) groups is 1. The normalized spacial score (nSPS) is 34.5. The molecule has 1 aliphatic carbocycles. The molecular formula is C10H17N3OS. The first-order chi connectivity index (χ1) is 7.19. The maximum absolute atomic E-state index is 11.3. The molecule has 15 heavy (non-hydrogen) atoms. The molecule has 0 saturated heterocycles. The van der Waals surface area contributed by atoms with Crippen LogP contribution in [0, 0.1) is 0 Å². The third-order valence-electron chi connectivity index (χ3n) is 3.01. The fraction of sp³-hybridized carbons (Fsp3) is 0.800. The van der Waals surface area contributed by atoms with Crippen LogP contribution in [0.3, 0.4) is 0 Å². The highest BCUT2D eigenvalue weighted by Gasteiger charge is 2.35. The van der Waals surface area contributed by atoms with Gasteiger partial charge in [-0.2, -0.15) is 0 Å². The SMILES string of the molecule is CCC(=O)N[C@H]1CCC2N=C(N)SC2C1. The van der Waals surface area contributed by atoms with Gasteiger partial charge in [0.15, 0.2) is 5.17 Å². The van der Waals surface area contributed by atoms with Gasteiger partial charge in [0.25, 0.3) is 0 Å². The molecule has 2 unspecified atom stereocenters. The Hall–Kier alpha value is -0.710. The minimum atomic E-state index is 0.148. The lowest BCUT2D eigenvalue weighted by atomic mass is 9.91. The molecule has 1 heterocycles. The van der Waals surface area contributed by atoms with Crippen molar-refractivity contribution in [3.8, 4) is 0 Å². The molecule has 1 amide bonds. The first-order valence-corrected chi connectivity index (χ1v) is 6.36. The Kier molecular flexibility index (Phi) is 3.19. The number of carbonyl (C=O) groups excluding carboxylic acids is 1. The second-order valence-electron chi connectivity index (χ2n) is 4.12. The highest BCUT2D eigenvalue weighted by molar-refractivity contribution is 8.14. The molecular weight excluding hydrogens is 210 g/mol. The number of nitrogens with two attached hydrogens (primary N) is 1. The largest absolute Gasteiger partial charge is 0.379 e. The lowest BCUT2D eigenvalue weighted by molar-refractivity contribution is -0.121. The molecule has 0 aromatic rings. The molecule has 5 heteroatoms. The first-order valence-electron chi connectivity index (χ1n) is 5.48. The smallest absolute Gasteiger partial charge is 0.219 e. The van der Waals surface area contributed by atoms with E-state index in [-0.39, 0.29) is 5.91 Å². The van der Waals surface area contributed by atoms with Gasteiger partial charge in [0.1, 0.15) is 0 Å². The third kappa shape index (κ3) is 2.45. The van der Waals surface area contributed by atoms with E-state index in [4.69, 9.17) is 5.73 Å². The lowest BCUT2D eigenvalue weighted by Crippen LogP contribution is -2.42. The van der Waals surface area contributed by atoms with E-state index in [2.05, 4.69) is 10.3 Å². The van der Waals surface area contributed by atoms with E-state index in [0.717, 1.165) is 19.3 Å². The van der Waals surface area contributed by atoms with E-state index < -0.39 is 0 Å². The third-order valence-corrected chi connectivity index (χ3v) is 4.16. The van der Waals surface area contributed by atoms with Gasteiger partial charge in [-0.25, -0.2) is 0 Å². The quantitative estimate of drug-likeness (QED) is 0.735. The van der Waals surface area contributed by atoms with Crippen molar-refractivity contribution in [3.63, 3.8) is 0 Å². The summed E-state index contributed by atoms with van der Waals surface area (Å²) in [5.74, 6) is 0.148. The summed E-state index contributed by atoms with van der Waals surface area (Å²) < 4.78 is 0. The maximum atomic E-state index is 11.3. The fourth-order valence-corrected chi connectivity index (χ4v) is 3.39. The zero-order chi connectivity index (χ0) is 10.8. The number of rotatable bonds is 2. The lowest BCUT2D eigenvalue weighted by Gasteiger charge is -2.30. The summed E-state index contributed by atoms with van der Waals surface area (Å²) in [6.07, 6.45) is 3.65. The van der Waals surface area contributed by atoms with Gasteiger partial charge in [-0.15, -0.1) is 0 Å². The number of hydrogen-bond donors (Lipinski definition) is 2. The van der Waals surface area contributed by atoms with E-state index in [9.17, 15) is 4.79 Å². The highest BCUT2D eigenvalue weighted by atomic mass is 32.2. The summed E-state index contributed by atoms with van der Waals surface area (Å²) in [4.78, 5) is 15.7. The number of amides is 1. The Morgan fingerprint density at radius 2 is 2.47 bits per heavy atom. The Labute approximate surface area is 94.1 Å². The van der Waals surface area contributed by atoms with Crippen molar-refractivity contribution in [2.24, 2.45) is 10.7 Å². The van der Waals surface area contributed by atoms with Crippen molar-refractivity contribution in [2.75, 3.05) is 0 Å². The van der Waals surface area contributed by atoms with Gasteiger partial charge in [0, 0.05) is 17.7 Å². The standard InChI is InChI=1S/C10H17N3OS/c1-2-9(14)12-6-3-4-7-8(5-6)15-10(11)13-7/h6-8H,2-5H2,1H3,(H2,11,13)(H,12,14)/t6-,7?,8?/m0/s1. The molecule has 0 radical (unpaired) electrons. The number of carbonyl (C=O) groups is 1. The monoisotopic (exact) mass is 227 g/mol. The van der Waals surface area contributed by atoms with Crippen LogP contribution in [-0.4, -0.2) is 28.4 Å². The zero-order valence-corrected chi connectivity index (χ0v) is 9.72. The molecule has 2 aliphatic rings. The molecule has 0 bridgehead atoms. The van der Waals surface area contributed by atoms with Crippen molar-refractivity contribution in [1.29, 1.82) is 0 Å². The zero-order valence-electron chi connectivity index (χ0n) is 8.90. The average Bonchev–Trinajstić information content (AvgIpc) is 2.57. The molecule has 3 N–H and O–H groups in total. The van der Waals surface area contributed by atoms with Crippen molar-refractivity contribution < 1.29 is 4.79 Å². The van der Waals surface area contributed by atoms with Crippen LogP contribution < -0.4 is 11.1 Å². The van der Waals surface area contributed by atoms with E-state index in [1.54, 1.807) is 11.8 Å². The van der Waals surface area contributed by atoms with Crippen LogP contribution in [0.15, 0.2) is 4.99 Å². The summed E-state index contributed by atoms with van der Waals surface area (Å²) in [7, 11) is 0. The van der Waals surface area contributed by atoms with Gasteiger partial charge >= 0.3 is 0 Å². The van der Waals surface area contributed by atoms with Crippen LogP contribution >= 0.6 is 11.8 Å². The maximum Gasteiger partial charge on any atom is 0.219 e. The fourth-order valence-electron chi connectivity index (χ4n) is 2.20. The molecule has 0 spiro atoms. The Morgan fingerprint density at radius 1 is 1.67 bits per heavy atom. The number of nitrogens with zero attached hydrogens (tertiary/aromatic N) is 1. The van der Waals surface area contributed by atoms with E-state index in [1.165, 1.54) is 0 Å². The minimum Gasteiger partial charge on any atom is -0.379 e. The van der Waals surface area contributed by atoms with Gasteiger partial charge in [0.05, 0.1) is 6.04 Å². The predicted molar refractivity (Wildman–Crippen MR) is 62.9 cm³/mol. The Morgan fingerprint density at radius 3 is 3.20 bits per heavy atom. The van der Waals surface area contributed by atoms with Gasteiger partial charge < -0.3 is 11.1 Å². The first kappa shape index (κ1) is 10.8. The van der Waals surface area contributed by atoms with E-state index in [0.29, 0.717) is 28.9 Å². The van der Waals surface area contributed by atoms with Crippen LogP contribution in [0.4, 0.5) is 0 Å². The van der Waals surface area contributed by atoms with E-state index in [1.807, 2.05) is 6.92 Å². The topological polar surface area (TPSA) is 67.5 Å². The van der Waals surface area contributed by atoms with Crippen LogP contribution in [0.1, 0.15) is 32.6 Å². The van der Waals surface area contributed by atoms with Crippen molar-refractivity contribution in [3.05, 3.63) is 0 Å². The second-order valence-corrected chi connectivity index (χ2v) is 5.38. The summed E-state index contributed by atoms with van der Waals surface area (Å²) in [5.41, 5.74) is 5.69. The van der Waals surface area contributed by atoms with E-state index >= 15 is 0 Å². The van der Waals surface area contributed by atoms with Crippen LogP contribution in [0.5, 0.6) is 0 Å². The van der Waals surface area contributed by atoms with Gasteiger partial charge in [-0.1, -0.05) is 18.7 Å². The molecule has 1 aliphatic heterocycles. The molecule has 84 valence electrons. The number of amidine groups is 1. The number of hydrogen-bond acceptors (Lipinski definition) is 4. The van der Waals surface area contributed by atoms with Crippen LogP contribution in [0.25, 0.3) is 0 Å². The van der Waals surface area contributed by atoms with Gasteiger partial charge in [-0.3, -0.25) is 9.79 Å². The molecule has 1 fully saturated rings. The summed E-state index contributed by atoms with van der Waals surface area (Å²) >= 11 is 1.66. The summed E-state index contributed by atoms with van der Waals surface area (Å²) in [5, 5.41) is 4.25. The van der Waals surface area contributed by atoms with Crippen molar-refractivity contribution in [1.82, 2.24) is 5.32 Å². The van der Waals surface area contributed by atoms with Crippen LogP contribution in [-0.2, 0) is 4.79 Å².